The van der Waals surface area contributed by atoms with Gasteiger partial charge in [-0.05, 0) is 37.3 Å². The summed E-state index contributed by atoms with van der Waals surface area (Å²) in [5.74, 6) is 0.313. The number of fused-ring (bicyclic) bond motifs is 1. The van der Waals surface area contributed by atoms with Gasteiger partial charge < -0.3 is 5.32 Å². The Morgan fingerprint density at radius 2 is 2.00 bits per heavy atom. The van der Waals surface area contributed by atoms with Crippen LogP contribution >= 0.6 is 0 Å². The number of carbonyl (C=O) groups is 1. The quantitative estimate of drug-likeness (QED) is 0.789. The Morgan fingerprint density at radius 1 is 1.29 bits per heavy atom. The molecule has 1 amide bonds. The average Bonchev–Trinajstić information content (AvgIpc) is 3.42. The maximum Gasteiger partial charge on any atom is 0.263 e. The zero-order valence-corrected chi connectivity index (χ0v) is 16.5. The first kappa shape index (κ1) is 18.9. The molecule has 8 heteroatoms. The van der Waals surface area contributed by atoms with Gasteiger partial charge in [0, 0.05) is 5.56 Å². The molecule has 28 heavy (non-hydrogen) atoms. The van der Waals surface area contributed by atoms with Crippen LogP contribution in [0.25, 0.3) is 0 Å². The van der Waals surface area contributed by atoms with Crippen LogP contribution in [0, 0.1) is 17.2 Å². The van der Waals surface area contributed by atoms with Gasteiger partial charge in [-0.25, -0.2) is 8.42 Å². The lowest BCUT2D eigenvalue weighted by molar-refractivity contribution is -0.123. The van der Waals surface area contributed by atoms with Crippen LogP contribution in [0.3, 0.4) is 0 Å². The molecule has 1 unspecified atom stereocenters. The molecule has 0 spiro atoms. The van der Waals surface area contributed by atoms with Gasteiger partial charge in [0.2, 0.25) is 5.91 Å². The van der Waals surface area contributed by atoms with Crippen molar-refractivity contribution in [3.63, 3.8) is 0 Å². The standard InChI is InChI=1S/C20H24N4O3S/c21-13-20(10-11-20)23-19(25)16(12-14-6-2-1-3-7-14)22-18-15-8-4-5-9-17(15)28(26,27)24-18/h4-5,8-9,14,16H,1-3,6-7,10-12H2,(H,22,24)(H,23,25). The molecule has 1 aromatic rings. The molecule has 4 rings (SSSR count). The minimum Gasteiger partial charge on any atom is -0.336 e. The fourth-order valence-corrected chi connectivity index (χ4v) is 5.29. The molecule has 148 valence electrons. The van der Waals surface area contributed by atoms with E-state index in [-0.39, 0.29) is 16.6 Å². The van der Waals surface area contributed by atoms with Crippen molar-refractivity contribution in [1.29, 1.82) is 5.26 Å². The molecule has 2 fully saturated rings. The van der Waals surface area contributed by atoms with Crippen LogP contribution in [0.2, 0.25) is 0 Å². The topological polar surface area (TPSA) is 111 Å². The third-order valence-electron chi connectivity index (χ3n) is 5.86. The van der Waals surface area contributed by atoms with E-state index >= 15 is 0 Å². The highest BCUT2D eigenvalue weighted by molar-refractivity contribution is 7.90. The van der Waals surface area contributed by atoms with Crippen molar-refractivity contribution in [1.82, 2.24) is 10.0 Å². The molecular formula is C20H24N4O3S. The lowest BCUT2D eigenvalue weighted by Gasteiger charge is -2.25. The molecule has 1 heterocycles. The molecule has 0 saturated heterocycles. The van der Waals surface area contributed by atoms with E-state index in [0.717, 1.165) is 25.7 Å². The second-order valence-corrected chi connectivity index (χ2v) is 9.67. The Balaban J connectivity index is 1.62. The number of nitriles is 1. The van der Waals surface area contributed by atoms with Gasteiger partial charge >= 0.3 is 0 Å². The van der Waals surface area contributed by atoms with Crippen molar-refractivity contribution in [2.24, 2.45) is 10.9 Å². The zero-order valence-electron chi connectivity index (χ0n) is 15.6. The van der Waals surface area contributed by atoms with Crippen molar-refractivity contribution in [3.05, 3.63) is 29.8 Å². The van der Waals surface area contributed by atoms with Crippen LogP contribution in [0.15, 0.2) is 34.2 Å². The number of hydrogen-bond acceptors (Lipinski definition) is 5. The lowest BCUT2D eigenvalue weighted by atomic mass is 9.84. The Hall–Kier alpha value is -2.40. The Bertz CT molecular complexity index is 954. The number of hydrogen-bond donors (Lipinski definition) is 2. The first-order valence-electron chi connectivity index (χ1n) is 9.86. The number of carbonyl (C=O) groups excluding carboxylic acids is 1. The first-order chi connectivity index (χ1) is 13.4. The van der Waals surface area contributed by atoms with Crippen LogP contribution in [-0.4, -0.2) is 31.7 Å². The number of nitrogens with one attached hydrogen (secondary N) is 2. The third kappa shape index (κ3) is 3.76. The summed E-state index contributed by atoms with van der Waals surface area (Å²) in [6.07, 6.45) is 7.49. The van der Waals surface area contributed by atoms with Crippen LogP contribution in [0.5, 0.6) is 0 Å². The monoisotopic (exact) mass is 400 g/mol. The molecule has 7 nitrogen and oxygen atoms in total. The minimum absolute atomic E-state index is 0.182. The van der Waals surface area contributed by atoms with Crippen LogP contribution in [-0.2, 0) is 14.8 Å². The summed E-state index contributed by atoms with van der Waals surface area (Å²) < 4.78 is 27.2. The molecule has 1 aromatic carbocycles. The Kier molecular flexibility index (Phi) is 4.88. The number of benzene rings is 1. The van der Waals surface area contributed by atoms with Gasteiger partial charge in [-0.3, -0.25) is 14.5 Å². The largest absolute Gasteiger partial charge is 0.336 e. The number of aliphatic imine (C=N–C) groups is 1. The summed E-state index contributed by atoms with van der Waals surface area (Å²) in [4.78, 5) is 17.7. The first-order valence-corrected chi connectivity index (χ1v) is 11.3. The normalized spacial score (nSPS) is 24.6. The van der Waals surface area contributed by atoms with Crippen LogP contribution < -0.4 is 10.0 Å². The third-order valence-corrected chi connectivity index (χ3v) is 7.26. The molecule has 2 N–H and O–H groups in total. The maximum atomic E-state index is 12.9. The van der Waals surface area contributed by atoms with Crippen molar-refractivity contribution in [3.8, 4) is 6.07 Å². The number of amides is 1. The summed E-state index contributed by atoms with van der Waals surface area (Å²) in [5, 5.41) is 12.1. The Morgan fingerprint density at radius 3 is 2.68 bits per heavy atom. The molecule has 2 saturated carbocycles. The van der Waals surface area contributed by atoms with Crippen LogP contribution in [0.4, 0.5) is 0 Å². The van der Waals surface area contributed by atoms with E-state index in [0.29, 0.717) is 30.7 Å². The predicted octanol–water partition coefficient (Wildman–Crippen LogP) is 2.24. The summed E-state index contributed by atoms with van der Waals surface area (Å²) in [6.45, 7) is 0. The van der Waals surface area contributed by atoms with E-state index in [1.807, 2.05) is 0 Å². The number of nitrogens with zero attached hydrogens (tertiary/aromatic N) is 2. The van der Waals surface area contributed by atoms with E-state index in [4.69, 9.17) is 0 Å². The van der Waals surface area contributed by atoms with Gasteiger partial charge in [-0.1, -0.05) is 44.2 Å². The smallest absolute Gasteiger partial charge is 0.263 e. The molecule has 1 aliphatic heterocycles. The zero-order chi connectivity index (χ0) is 19.8. The highest BCUT2D eigenvalue weighted by Crippen LogP contribution is 2.35. The summed E-state index contributed by atoms with van der Waals surface area (Å²) >= 11 is 0. The van der Waals surface area contributed by atoms with E-state index < -0.39 is 21.6 Å². The number of sulfonamides is 1. The number of amidine groups is 1. The van der Waals surface area contributed by atoms with E-state index in [9.17, 15) is 18.5 Å². The second-order valence-electron chi connectivity index (χ2n) is 8.02. The second kappa shape index (κ2) is 7.21. The van der Waals surface area contributed by atoms with Gasteiger partial charge in [-0.2, -0.15) is 5.26 Å². The molecule has 1 atom stereocenters. The predicted molar refractivity (Wildman–Crippen MR) is 104 cm³/mol. The van der Waals surface area contributed by atoms with Crippen molar-refractivity contribution in [2.45, 2.75) is 67.8 Å². The van der Waals surface area contributed by atoms with Gasteiger partial charge in [-0.15, -0.1) is 0 Å². The van der Waals surface area contributed by atoms with Crippen molar-refractivity contribution >= 4 is 21.8 Å². The van der Waals surface area contributed by atoms with Gasteiger partial charge in [0.25, 0.3) is 10.0 Å². The highest BCUT2D eigenvalue weighted by Gasteiger charge is 2.46. The molecule has 3 aliphatic rings. The fraction of sp³-hybridized carbons (Fsp3) is 0.550. The van der Waals surface area contributed by atoms with Crippen molar-refractivity contribution < 1.29 is 13.2 Å². The van der Waals surface area contributed by atoms with E-state index in [1.165, 1.54) is 12.5 Å². The SMILES string of the molecule is N#CC1(NC(=O)C(CC2CCCCC2)N=C2NS(=O)(=O)c3ccccc32)CC1. The molecule has 0 bridgehead atoms. The molecular weight excluding hydrogens is 376 g/mol. The molecule has 0 aromatic heterocycles. The molecule has 0 radical (unpaired) electrons. The van der Waals surface area contributed by atoms with Gasteiger partial charge in [0.15, 0.2) is 0 Å². The van der Waals surface area contributed by atoms with Crippen LogP contribution in [0.1, 0.15) is 56.9 Å². The number of rotatable bonds is 5. The molecule has 2 aliphatic carbocycles. The van der Waals surface area contributed by atoms with E-state index in [1.54, 1.807) is 18.2 Å². The summed E-state index contributed by atoms with van der Waals surface area (Å²) in [6, 6.07) is 8.10. The minimum atomic E-state index is -3.65. The lowest BCUT2D eigenvalue weighted by Crippen LogP contribution is -2.43. The Labute approximate surface area is 165 Å². The van der Waals surface area contributed by atoms with E-state index in [2.05, 4.69) is 21.1 Å². The fourth-order valence-electron chi connectivity index (χ4n) is 4.05. The van der Waals surface area contributed by atoms with Gasteiger partial charge in [0.05, 0.1) is 11.0 Å². The maximum absolute atomic E-state index is 12.9. The van der Waals surface area contributed by atoms with Gasteiger partial charge in [0.1, 0.15) is 17.4 Å². The summed E-state index contributed by atoms with van der Waals surface area (Å²) in [5.41, 5.74) is -0.278. The summed E-state index contributed by atoms with van der Waals surface area (Å²) in [7, 11) is -3.65. The highest BCUT2D eigenvalue weighted by atomic mass is 32.2. The average molecular weight is 401 g/mol. The van der Waals surface area contributed by atoms with Crippen molar-refractivity contribution in [2.75, 3.05) is 0 Å².